The van der Waals surface area contributed by atoms with Gasteiger partial charge >= 0.3 is 0 Å². The van der Waals surface area contributed by atoms with Crippen LogP contribution in [0, 0.1) is 28.5 Å². The van der Waals surface area contributed by atoms with Crippen LogP contribution < -0.4 is 10.6 Å². The lowest BCUT2D eigenvalue weighted by molar-refractivity contribution is 0.610. The second-order valence-corrected chi connectivity index (χ2v) is 10.5. The fourth-order valence-electron chi connectivity index (χ4n) is 4.92. The second kappa shape index (κ2) is 11.9. The van der Waals surface area contributed by atoms with Crippen LogP contribution in [0.3, 0.4) is 0 Å². The molecule has 0 saturated heterocycles. The minimum absolute atomic E-state index is 0.261. The van der Waals surface area contributed by atoms with Crippen molar-refractivity contribution >= 4 is 33.9 Å². The zero-order chi connectivity index (χ0) is 30.0. The highest BCUT2D eigenvalue weighted by Crippen LogP contribution is 2.38. The highest BCUT2D eigenvalue weighted by atomic mass is 35.5. The summed E-state index contributed by atoms with van der Waals surface area (Å²) in [4.78, 5) is 4.46. The molecule has 1 aliphatic carbocycles. The molecule has 0 aliphatic heterocycles. The molecule has 1 fully saturated rings. The molecule has 10 heteroatoms. The summed E-state index contributed by atoms with van der Waals surface area (Å²) in [5.74, 6) is -0.420. The zero-order valence-corrected chi connectivity index (χ0v) is 23.2. The summed E-state index contributed by atoms with van der Waals surface area (Å²) < 4.78 is 25.2. The summed E-state index contributed by atoms with van der Waals surface area (Å²) in [5.41, 5.74) is 3.51. The molecule has 0 amide bonds. The Kier molecular flexibility index (Phi) is 7.32. The van der Waals surface area contributed by atoms with Crippen LogP contribution in [0.25, 0.3) is 10.9 Å². The third-order valence-electron chi connectivity index (χ3n) is 7.20. The summed E-state index contributed by atoms with van der Waals surface area (Å²) in [6.07, 6.45) is 6.04. The third-order valence-corrected chi connectivity index (χ3v) is 7.49. The van der Waals surface area contributed by atoms with Crippen LogP contribution in [0.2, 0.25) is 5.02 Å². The number of rotatable bonds is 10. The molecule has 1 saturated carbocycles. The Morgan fingerprint density at radius 3 is 2.57 bits per heavy atom. The van der Waals surface area contributed by atoms with E-state index in [-0.39, 0.29) is 12.1 Å². The number of halogens is 2. The van der Waals surface area contributed by atoms with Crippen LogP contribution in [-0.4, -0.2) is 20.0 Å². The number of hydrogen-bond donors (Lipinski definition) is 2. The monoisotopic (exact) mass is 577 g/mol. The fourth-order valence-corrected chi connectivity index (χ4v) is 5.18. The van der Waals surface area contributed by atoms with E-state index in [2.05, 4.69) is 38.1 Å². The molecule has 0 radical (unpaired) electrons. The average Bonchev–Trinajstić information content (AvgIpc) is 3.75. The summed E-state index contributed by atoms with van der Waals surface area (Å²) in [7, 11) is 0. The van der Waals surface area contributed by atoms with Gasteiger partial charge in [0.15, 0.2) is 0 Å². The van der Waals surface area contributed by atoms with Gasteiger partial charge in [-0.05, 0) is 54.7 Å². The fraction of sp³-hybridized carbons (Fsp3) is 0.219. The first-order valence-electron chi connectivity index (χ1n) is 14.1. The molecule has 2 atom stereocenters. The Bertz CT molecular complexity index is 1860. The molecule has 208 valence electrons. The molecular weight excluding hydrogens is 551 g/mol. The number of nitrogens with zero attached hydrogens (tertiary/aromatic N) is 6. The standard InChI is InChI=1S/C32H26ClFN8/c33-27-16-24(38-31(21-8-10-23(34)11-9-21)29-19-42(41-40-29)25-12-13-25)15-26-30(22(17-36)18-37-32(26)27)39-28(7-4-14-35)20-5-2-1-3-6-20/h1-3,5-6,8-11,15-16,18-19,25,28,31,38H,4,7,12-13H2,(H,37,39)/t28?,31-/m1/s1/i31D. The number of hydrogen-bond acceptors (Lipinski definition) is 7. The molecule has 0 bridgehead atoms. The second-order valence-electron chi connectivity index (χ2n) is 10.1. The van der Waals surface area contributed by atoms with Gasteiger partial charge in [0.2, 0.25) is 0 Å². The Morgan fingerprint density at radius 2 is 1.86 bits per heavy atom. The Morgan fingerprint density at radius 1 is 1.07 bits per heavy atom. The Labute approximate surface area is 248 Å². The van der Waals surface area contributed by atoms with Crippen molar-refractivity contribution < 1.29 is 5.76 Å². The van der Waals surface area contributed by atoms with E-state index in [0.29, 0.717) is 57.0 Å². The molecule has 0 spiro atoms. The van der Waals surface area contributed by atoms with Crippen LogP contribution in [0.1, 0.15) is 67.5 Å². The van der Waals surface area contributed by atoms with E-state index in [1.165, 1.54) is 30.5 Å². The number of aromatic nitrogens is 4. The van der Waals surface area contributed by atoms with Crippen LogP contribution in [0.4, 0.5) is 15.8 Å². The molecule has 2 heterocycles. The summed E-state index contributed by atoms with van der Waals surface area (Å²) in [5, 5.41) is 35.5. The molecule has 1 unspecified atom stereocenters. The van der Waals surface area contributed by atoms with E-state index in [4.69, 9.17) is 11.6 Å². The maximum atomic E-state index is 13.9. The zero-order valence-electron chi connectivity index (χ0n) is 23.4. The van der Waals surface area contributed by atoms with E-state index < -0.39 is 11.8 Å². The van der Waals surface area contributed by atoms with Crippen LogP contribution >= 0.6 is 11.6 Å². The van der Waals surface area contributed by atoms with Crippen molar-refractivity contribution in [3.05, 3.63) is 112 Å². The highest BCUT2D eigenvalue weighted by molar-refractivity contribution is 6.35. The van der Waals surface area contributed by atoms with Gasteiger partial charge in [0, 0.05) is 23.7 Å². The molecule has 5 aromatic rings. The van der Waals surface area contributed by atoms with Crippen molar-refractivity contribution in [1.82, 2.24) is 20.0 Å². The molecular formula is C32H26ClFN8. The molecule has 8 nitrogen and oxygen atoms in total. The number of pyridine rings is 1. The van der Waals surface area contributed by atoms with E-state index in [0.717, 1.165) is 18.4 Å². The topological polar surface area (TPSA) is 115 Å². The van der Waals surface area contributed by atoms with E-state index in [1.54, 1.807) is 23.0 Å². The highest BCUT2D eigenvalue weighted by Gasteiger charge is 2.27. The number of anilines is 2. The van der Waals surface area contributed by atoms with Crippen molar-refractivity contribution in [1.29, 1.82) is 10.5 Å². The van der Waals surface area contributed by atoms with Crippen molar-refractivity contribution in [3.63, 3.8) is 0 Å². The average molecular weight is 578 g/mol. The normalized spacial score (nSPS) is 15.2. The molecule has 2 aromatic heterocycles. The molecule has 42 heavy (non-hydrogen) atoms. The maximum Gasteiger partial charge on any atom is 0.123 e. The van der Waals surface area contributed by atoms with Crippen LogP contribution in [0.5, 0.6) is 0 Å². The third kappa shape index (κ3) is 5.74. The van der Waals surface area contributed by atoms with Crippen LogP contribution in [-0.2, 0) is 0 Å². The molecule has 6 rings (SSSR count). The largest absolute Gasteiger partial charge is 0.377 e. The minimum atomic E-state index is -1.65. The first-order chi connectivity index (χ1) is 20.9. The predicted octanol–water partition coefficient (Wildman–Crippen LogP) is 7.48. The van der Waals surface area contributed by atoms with Crippen molar-refractivity contribution in [2.24, 2.45) is 0 Å². The van der Waals surface area contributed by atoms with E-state index >= 15 is 0 Å². The van der Waals surface area contributed by atoms with E-state index in [1.807, 2.05) is 30.3 Å². The number of benzene rings is 3. The first-order valence-corrected chi connectivity index (χ1v) is 13.9. The van der Waals surface area contributed by atoms with Crippen molar-refractivity contribution in [3.8, 4) is 12.1 Å². The summed E-state index contributed by atoms with van der Waals surface area (Å²) in [6.45, 7) is 0. The SMILES string of the molecule is [2H][C@@](Nc1cc(Cl)c2ncc(C#N)c(NC(CCC#N)c3ccccc3)c2c1)(c1ccc(F)cc1)c1cn(C2CC2)nn1. The summed E-state index contributed by atoms with van der Waals surface area (Å²) in [6, 6.07) is 21.6. The molecule has 3 aromatic carbocycles. The maximum absolute atomic E-state index is 13.9. The molecule has 2 N–H and O–H groups in total. The summed E-state index contributed by atoms with van der Waals surface area (Å²) >= 11 is 6.76. The van der Waals surface area contributed by atoms with Gasteiger partial charge in [0.05, 0.1) is 53.5 Å². The quantitative estimate of drug-likeness (QED) is 0.177. The van der Waals surface area contributed by atoms with Crippen LogP contribution in [0.15, 0.2) is 79.1 Å². The number of nitrogens with one attached hydrogen (secondary N) is 2. The lowest BCUT2D eigenvalue weighted by Gasteiger charge is -2.23. The number of nitriles is 2. The lowest BCUT2D eigenvalue weighted by atomic mass is 10.00. The number of fused-ring (bicyclic) bond motifs is 1. The molecule has 1 aliphatic rings. The van der Waals surface area contributed by atoms with Gasteiger partial charge in [-0.2, -0.15) is 10.5 Å². The van der Waals surface area contributed by atoms with Gasteiger partial charge in [-0.3, -0.25) is 4.98 Å². The lowest BCUT2D eigenvalue weighted by Crippen LogP contribution is -2.14. The smallest absolute Gasteiger partial charge is 0.123 e. The van der Waals surface area contributed by atoms with Gasteiger partial charge in [-0.15, -0.1) is 5.10 Å². The van der Waals surface area contributed by atoms with Gasteiger partial charge in [0.25, 0.3) is 0 Å². The Hall–Kier alpha value is -4.99. The Balaban J connectivity index is 1.45. The van der Waals surface area contributed by atoms with Gasteiger partial charge in [-0.1, -0.05) is 59.3 Å². The van der Waals surface area contributed by atoms with Gasteiger partial charge in [0.1, 0.15) is 17.6 Å². The first kappa shape index (κ1) is 25.9. The van der Waals surface area contributed by atoms with Crippen molar-refractivity contribution in [2.75, 3.05) is 10.6 Å². The van der Waals surface area contributed by atoms with Crippen molar-refractivity contribution in [2.45, 2.75) is 43.8 Å². The van der Waals surface area contributed by atoms with E-state index in [9.17, 15) is 16.3 Å². The van der Waals surface area contributed by atoms with Gasteiger partial charge < -0.3 is 10.6 Å². The predicted molar refractivity (Wildman–Crippen MR) is 159 cm³/mol. The minimum Gasteiger partial charge on any atom is -0.377 e. The van der Waals surface area contributed by atoms with Gasteiger partial charge in [-0.25, -0.2) is 9.07 Å².